The summed E-state index contributed by atoms with van der Waals surface area (Å²) in [7, 11) is 0. The zero-order chi connectivity index (χ0) is 8.67. The minimum Gasteiger partial charge on any atom is -0.0619 e. The van der Waals surface area contributed by atoms with E-state index in [1.165, 1.54) is 22.3 Å². The summed E-state index contributed by atoms with van der Waals surface area (Å²) in [4.78, 5) is 0. The Kier molecular flexibility index (Phi) is 2.49. The first kappa shape index (κ1) is 9.57. The fraction of sp³-hybridized carbons (Fsp3) is 0.0769. The van der Waals surface area contributed by atoms with Gasteiger partial charge in [-0.15, -0.1) is 0 Å². The third-order valence-corrected chi connectivity index (χ3v) is 2.71. The number of benzene rings is 2. The second-order valence-corrected chi connectivity index (χ2v) is 3.49. The van der Waals surface area contributed by atoms with Crippen molar-refractivity contribution in [2.24, 2.45) is 0 Å². The van der Waals surface area contributed by atoms with E-state index < -0.39 is 0 Å². The number of hydrogen-bond acceptors (Lipinski definition) is 0. The first-order chi connectivity index (χ1) is 6.45. The molecule has 1 heteroatoms. The molecular weight excluding hydrogens is 207 g/mol. The Morgan fingerprint density at radius 1 is 0.643 bits per heavy atom. The van der Waals surface area contributed by atoms with Crippen molar-refractivity contribution in [3.63, 3.8) is 0 Å². The monoisotopic (exact) mass is 217 g/mol. The van der Waals surface area contributed by atoms with Gasteiger partial charge in [-0.3, -0.25) is 0 Å². The van der Waals surface area contributed by atoms with Crippen molar-refractivity contribution in [3.8, 4) is 11.1 Å². The van der Waals surface area contributed by atoms with Crippen molar-refractivity contribution in [2.75, 3.05) is 0 Å². The van der Waals surface area contributed by atoms with Crippen molar-refractivity contribution in [2.45, 2.75) is 6.42 Å². The third kappa shape index (κ3) is 1.32. The zero-order valence-electron chi connectivity index (χ0n) is 7.77. The van der Waals surface area contributed by atoms with E-state index in [-0.39, 0.29) is 18.6 Å². The van der Waals surface area contributed by atoms with Gasteiger partial charge in [0.1, 0.15) is 0 Å². The summed E-state index contributed by atoms with van der Waals surface area (Å²) in [5, 5.41) is 0. The molecule has 0 aliphatic heterocycles. The molecule has 2 aromatic rings. The van der Waals surface area contributed by atoms with E-state index in [0.29, 0.717) is 0 Å². The van der Waals surface area contributed by atoms with Gasteiger partial charge >= 0.3 is 0 Å². The Labute approximate surface area is 95.9 Å². The molecule has 0 heterocycles. The Hall–Kier alpha value is -0.976. The maximum Gasteiger partial charge on any atom is 0 e. The second-order valence-electron chi connectivity index (χ2n) is 3.49. The van der Waals surface area contributed by atoms with Gasteiger partial charge in [-0.1, -0.05) is 48.5 Å². The van der Waals surface area contributed by atoms with E-state index in [2.05, 4.69) is 48.5 Å². The SMILES string of the molecule is [V].c1ccc2c(c1)Cc1ccccc1-2. The summed E-state index contributed by atoms with van der Waals surface area (Å²) in [5.74, 6) is 0. The summed E-state index contributed by atoms with van der Waals surface area (Å²) in [5.41, 5.74) is 5.75. The van der Waals surface area contributed by atoms with E-state index in [4.69, 9.17) is 0 Å². The van der Waals surface area contributed by atoms with E-state index >= 15 is 0 Å². The summed E-state index contributed by atoms with van der Waals surface area (Å²) in [6.45, 7) is 0. The van der Waals surface area contributed by atoms with Crippen LogP contribution in [0.2, 0.25) is 0 Å². The van der Waals surface area contributed by atoms with Gasteiger partial charge in [-0.05, 0) is 28.7 Å². The van der Waals surface area contributed by atoms with Crippen LogP contribution in [0.5, 0.6) is 0 Å². The number of hydrogen-bond donors (Lipinski definition) is 0. The predicted octanol–water partition coefficient (Wildman–Crippen LogP) is 3.26. The molecule has 2 aromatic carbocycles. The fourth-order valence-electron chi connectivity index (χ4n) is 2.08. The number of fused-ring (bicyclic) bond motifs is 3. The molecule has 1 radical (unpaired) electrons. The van der Waals surface area contributed by atoms with Gasteiger partial charge in [0.15, 0.2) is 0 Å². The Morgan fingerprint density at radius 2 is 1.07 bits per heavy atom. The summed E-state index contributed by atoms with van der Waals surface area (Å²) in [6.07, 6.45) is 1.10. The predicted molar refractivity (Wildman–Crippen MR) is 54.7 cm³/mol. The molecule has 0 spiro atoms. The molecule has 1 aliphatic rings. The van der Waals surface area contributed by atoms with Crippen molar-refractivity contribution in [1.29, 1.82) is 0 Å². The fourth-order valence-corrected chi connectivity index (χ4v) is 2.08. The van der Waals surface area contributed by atoms with Gasteiger partial charge in [0.2, 0.25) is 0 Å². The van der Waals surface area contributed by atoms with E-state index in [1.54, 1.807) is 0 Å². The minimum absolute atomic E-state index is 0. The molecule has 0 saturated carbocycles. The van der Waals surface area contributed by atoms with E-state index in [1.807, 2.05) is 0 Å². The van der Waals surface area contributed by atoms with Gasteiger partial charge in [-0.25, -0.2) is 0 Å². The second kappa shape index (κ2) is 3.64. The largest absolute Gasteiger partial charge is 0.0619 e. The molecule has 0 atom stereocenters. The van der Waals surface area contributed by atoms with Crippen molar-refractivity contribution in [1.82, 2.24) is 0 Å². The molecule has 0 bridgehead atoms. The molecule has 0 unspecified atom stereocenters. The van der Waals surface area contributed by atoms with Crippen LogP contribution in [-0.4, -0.2) is 0 Å². The Bertz CT molecular complexity index is 417. The molecule has 0 saturated heterocycles. The number of rotatable bonds is 0. The van der Waals surface area contributed by atoms with Gasteiger partial charge < -0.3 is 0 Å². The van der Waals surface area contributed by atoms with Gasteiger partial charge in [0.25, 0.3) is 0 Å². The average Bonchev–Trinajstić information content (AvgIpc) is 2.56. The average molecular weight is 217 g/mol. The zero-order valence-corrected chi connectivity index (χ0v) is 9.17. The van der Waals surface area contributed by atoms with Crippen LogP contribution < -0.4 is 0 Å². The normalized spacial score (nSPS) is 11.4. The topological polar surface area (TPSA) is 0 Å². The van der Waals surface area contributed by atoms with Crippen molar-refractivity contribution in [3.05, 3.63) is 59.7 Å². The van der Waals surface area contributed by atoms with Crippen LogP contribution in [0.4, 0.5) is 0 Å². The smallest absolute Gasteiger partial charge is 0 e. The quantitative estimate of drug-likeness (QED) is 0.542. The van der Waals surface area contributed by atoms with Crippen molar-refractivity contribution < 1.29 is 18.6 Å². The molecule has 3 rings (SSSR count). The van der Waals surface area contributed by atoms with Crippen LogP contribution >= 0.6 is 0 Å². The molecule has 0 N–H and O–H groups in total. The molecule has 67 valence electrons. The molecule has 1 aliphatic carbocycles. The first-order valence-corrected chi connectivity index (χ1v) is 4.61. The van der Waals surface area contributed by atoms with Crippen LogP contribution in [0.3, 0.4) is 0 Å². The molecule has 0 amide bonds. The molecule has 14 heavy (non-hydrogen) atoms. The van der Waals surface area contributed by atoms with Gasteiger partial charge in [0.05, 0.1) is 0 Å². The maximum absolute atomic E-state index is 2.22. The van der Waals surface area contributed by atoms with Crippen LogP contribution in [0.25, 0.3) is 11.1 Å². The van der Waals surface area contributed by atoms with E-state index in [9.17, 15) is 0 Å². The maximum atomic E-state index is 2.22. The minimum atomic E-state index is 0. The standard InChI is InChI=1S/C13H10.V/c1-3-7-12-10(5-1)9-11-6-2-4-8-13(11)12;/h1-8H,9H2;. The summed E-state index contributed by atoms with van der Waals surface area (Å²) < 4.78 is 0. The Morgan fingerprint density at radius 3 is 1.57 bits per heavy atom. The first-order valence-electron chi connectivity index (χ1n) is 4.61. The molecule has 0 nitrogen and oxygen atoms in total. The Balaban J connectivity index is 0.000000750. The van der Waals surface area contributed by atoms with Crippen LogP contribution in [0, 0.1) is 0 Å². The summed E-state index contributed by atoms with van der Waals surface area (Å²) in [6, 6.07) is 17.3. The van der Waals surface area contributed by atoms with Gasteiger partial charge in [0, 0.05) is 18.6 Å². The van der Waals surface area contributed by atoms with Crippen molar-refractivity contribution >= 4 is 0 Å². The van der Waals surface area contributed by atoms with E-state index in [0.717, 1.165) is 6.42 Å². The molecule has 0 aromatic heterocycles. The van der Waals surface area contributed by atoms with Crippen LogP contribution in [0.1, 0.15) is 11.1 Å². The van der Waals surface area contributed by atoms with Crippen LogP contribution in [-0.2, 0) is 25.0 Å². The third-order valence-electron chi connectivity index (χ3n) is 2.71. The molecular formula is C13H10V. The molecule has 0 fully saturated rings. The van der Waals surface area contributed by atoms with Crippen LogP contribution in [0.15, 0.2) is 48.5 Å². The summed E-state index contributed by atoms with van der Waals surface area (Å²) >= 11 is 0. The van der Waals surface area contributed by atoms with Gasteiger partial charge in [-0.2, -0.15) is 0 Å².